The molecule has 4 heteroatoms. The van der Waals surface area contributed by atoms with Crippen LogP contribution in [0, 0.1) is 18.3 Å². The largest absolute Gasteiger partial charge is 0.508 e. The van der Waals surface area contributed by atoms with E-state index in [1.54, 1.807) is 24.3 Å². The first kappa shape index (κ1) is 14.4. The Labute approximate surface area is 123 Å². The number of phenols is 1. The molecule has 0 heterocycles. The molecule has 0 saturated carbocycles. The number of anilines is 1. The number of nitriles is 1. The van der Waals surface area contributed by atoms with Gasteiger partial charge in [-0.05, 0) is 42.8 Å². The van der Waals surface area contributed by atoms with Gasteiger partial charge < -0.3 is 10.4 Å². The maximum Gasteiger partial charge on any atom is 0.266 e. The van der Waals surface area contributed by atoms with Crippen molar-refractivity contribution in [2.24, 2.45) is 0 Å². The van der Waals surface area contributed by atoms with Gasteiger partial charge in [-0.25, -0.2) is 0 Å². The topological polar surface area (TPSA) is 73.1 Å². The van der Waals surface area contributed by atoms with Crippen molar-refractivity contribution in [3.63, 3.8) is 0 Å². The minimum atomic E-state index is -0.482. The van der Waals surface area contributed by atoms with E-state index in [2.05, 4.69) is 5.32 Å². The first-order valence-corrected chi connectivity index (χ1v) is 6.37. The summed E-state index contributed by atoms with van der Waals surface area (Å²) in [5, 5.41) is 21.2. The molecule has 0 saturated heterocycles. The van der Waals surface area contributed by atoms with Gasteiger partial charge in [0.2, 0.25) is 0 Å². The Morgan fingerprint density at radius 2 is 1.95 bits per heavy atom. The smallest absolute Gasteiger partial charge is 0.266 e. The van der Waals surface area contributed by atoms with Gasteiger partial charge in [-0.1, -0.05) is 29.8 Å². The van der Waals surface area contributed by atoms with Gasteiger partial charge in [0.1, 0.15) is 17.4 Å². The molecule has 0 fully saturated rings. The molecule has 0 aromatic heterocycles. The Morgan fingerprint density at radius 1 is 1.24 bits per heavy atom. The third-order valence-corrected chi connectivity index (χ3v) is 2.86. The van der Waals surface area contributed by atoms with E-state index in [1.165, 1.54) is 18.2 Å². The van der Waals surface area contributed by atoms with Crippen LogP contribution in [-0.4, -0.2) is 11.0 Å². The van der Waals surface area contributed by atoms with E-state index >= 15 is 0 Å². The van der Waals surface area contributed by atoms with E-state index in [-0.39, 0.29) is 11.3 Å². The average Bonchev–Trinajstić information content (AvgIpc) is 2.47. The fraction of sp³-hybridized carbons (Fsp3) is 0.0588. The number of aromatic hydroxyl groups is 1. The molecule has 0 bridgehead atoms. The van der Waals surface area contributed by atoms with Crippen LogP contribution in [0.2, 0.25) is 0 Å². The summed E-state index contributed by atoms with van der Waals surface area (Å²) in [4.78, 5) is 12.1. The lowest BCUT2D eigenvalue weighted by Crippen LogP contribution is -2.13. The molecule has 0 unspecified atom stereocenters. The van der Waals surface area contributed by atoms with Crippen molar-refractivity contribution in [3.05, 3.63) is 65.2 Å². The predicted octanol–water partition coefficient (Wildman–Crippen LogP) is 3.25. The Balaban J connectivity index is 2.19. The molecular formula is C17H14N2O2. The summed E-state index contributed by atoms with van der Waals surface area (Å²) in [7, 11) is 0. The van der Waals surface area contributed by atoms with Gasteiger partial charge in [-0.2, -0.15) is 5.26 Å². The summed E-state index contributed by atoms with van der Waals surface area (Å²) in [5.74, 6) is -0.398. The summed E-state index contributed by atoms with van der Waals surface area (Å²) in [6, 6.07) is 15.5. The monoisotopic (exact) mass is 278 g/mol. The molecular weight excluding hydrogens is 264 g/mol. The number of aryl methyl sites for hydroxylation is 1. The van der Waals surface area contributed by atoms with Crippen LogP contribution in [0.1, 0.15) is 11.1 Å². The number of hydrogen-bond acceptors (Lipinski definition) is 3. The zero-order valence-corrected chi connectivity index (χ0v) is 11.5. The molecule has 0 atom stereocenters. The van der Waals surface area contributed by atoms with Crippen molar-refractivity contribution in [1.29, 1.82) is 5.26 Å². The maximum absolute atomic E-state index is 12.1. The van der Waals surface area contributed by atoms with Crippen molar-refractivity contribution in [3.8, 4) is 11.8 Å². The molecule has 2 N–H and O–H groups in total. The summed E-state index contributed by atoms with van der Waals surface area (Å²) < 4.78 is 0. The second kappa shape index (κ2) is 6.40. The number of carbonyl (C=O) groups is 1. The normalized spacial score (nSPS) is 10.8. The number of benzene rings is 2. The van der Waals surface area contributed by atoms with Crippen LogP contribution < -0.4 is 5.32 Å². The van der Waals surface area contributed by atoms with E-state index in [0.29, 0.717) is 11.3 Å². The maximum atomic E-state index is 12.1. The number of carbonyl (C=O) groups excluding carboxylic acids is 1. The van der Waals surface area contributed by atoms with Crippen molar-refractivity contribution in [2.45, 2.75) is 6.92 Å². The van der Waals surface area contributed by atoms with E-state index in [4.69, 9.17) is 5.26 Å². The van der Waals surface area contributed by atoms with Gasteiger partial charge in [0.05, 0.1) is 0 Å². The number of phenolic OH excluding ortho intramolecular Hbond substituents is 1. The molecule has 21 heavy (non-hydrogen) atoms. The van der Waals surface area contributed by atoms with Crippen LogP contribution in [0.15, 0.2) is 54.1 Å². The van der Waals surface area contributed by atoms with Gasteiger partial charge in [-0.15, -0.1) is 0 Å². The second-order valence-electron chi connectivity index (χ2n) is 4.58. The molecule has 2 aromatic rings. The van der Waals surface area contributed by atoms with Crippen LogP contribution in [0.3, 0.4) is 0 Å². The number of hydrogen-bond donors (Lipinski definition) is 2. The van der Waals surface area contributed by atoms with Crippen molar-refractivity contribution in [2.75, 3.05) is 5.32 Å². The highest BCUT2D eigenvalue weighted by Gasteiger charge is 2.09. The van der Waals surface area contributed by atoms with Gasteiger partial charge in [0.15, 0.2) is 0 Å². The van der Waals surface area contributed by atoms with Gasteiger partial charge >= 0.3 is 0 Å². The Morgan fingerprint density at radius 3 is 2.57 bits per heavy atom. The van der Waals surface area contributed by atoms with Crippen molar-refractivity contribution in [1.82, 2.24) is 0 Å². The lowest BCUT2D eigenvalue weighted by atomic mass is 10.1. The predicted molar refractivity (Wildman–Crippen MR) is 81.5 cm³/mol. The summed E-state index contributed by atoms with van der Waals surface area (Å²) in [6.45, 7) is 1.95. The molecule has 0 aliphatic rings. The van der Waals surface area contributed by atoms with Gasteiger partial charge in [-0.3, -0.25) is 4.79 Å². The Bertz CT molecular complexity index is 725. The van der Waals surface area contributed by atoms with Gasteiger partial charge in [0, 0.05) is 5.69 Å². The van der Waals surface area contributed by atoms with Gasteiger partial charge in [0.25, 0.3) is 5.91 Å². The minimum Gasteiger partial charge on any atom is -0.508 e. The SMILES string of the molecule is Cc1ccc(NC(=O)/C(C#N)=C\c2cccc(O)c2)cc1. The van der Waals surface area contributed by atoms with E-state index < -0.39 is 5.91 Å². The molecule has 0 aliphatic heterocycles. The first-order chi connectivity index (χ1) is 10.1. The van der Waals surface area contributed by atoms with E-state index in [0.717, 1.165) is 5.56 Å². The highest BCUT2D eigenvalue weighted by molar-refractivity contribution is 6.09. The molecule has 0 radical (unpaired) electrons. The quantitative estimate of drug-likeness (QED) is 0.668. The average molecular weight is 278 g/mol. The zero-order chi connectivity index (χ0) is 15.2. The number of amides is 1. The molecule has 2 rings (SSSR count). The van der Waals surface area contributed by atoms with Crippen molar-refractivity contribution >= 4 is 17.7 Å². The highest BCUT2D eigenvalue weighted by Crippen LogP contribution is 2.15. The molecule has 4 nitrogen and oxygen atoms in total. The van der Waals surface area contributed by atoms with Crippen LogP contribution >= 0.6 is 0 Å². The standard InChI is InChI=1S/C17H14N2O2/c1-12-5-7-15(8-6-12)19-17(21)14(11-18)9-13-3-2-4-16(20)10-13/h2-10,20H,1H3,(H,19,21)/b14-9-. The van der Waals surface area contributed by atoms with Crippen LogP contribution in [-0.2, 0) is 4.79 Å². The third-order valence-electron chi connectivity index (χ3n) is 2.86. The molecule has 0 aliphatic carbocycles. The highest BCUT2D eigenvalue weighted by atomic mass is 16.3. The zero-order valence-electron chi connectivity index (χ0n) is 11.5. The Hall–Kier alpha value is -3.06. The minimum absolute atomic E-state index is 0.0267. The first-order valence-electron chi connectivity index (χ1n) is 6.37. The third kappa shape index (κ3) is 3.95. The molecule has 104 valence electrons. The Kier molecular flexibility index (Phi) is 4.37. The molecule has 0 spiro atoms. The lowest BCUT2D eigenvalue weighted by Gasteiger charge is -2.04. The fourth-order valence-electron chi connectivity index (χ4n) is 1.77. The fourth-order valence-corrected chi connectivity index (χ4v) is 1.77. The number of nitrogens with zero attached hydrogens (tertiary/aromatic N) is 1. The van der Waals surface area contributed by atoms with Crippen LogP contribution in [0.4, 0.5) is 5.69 Å². The summed E-state index contributed by atoms with van der Waals surface area (Å²) in [6.07, 6.45) is 1.43. The molecule has 2 aromatic carbocycles. The summed E-state index contributed by atoms with van der Waals surface area (Å²) in [5.41, 5.74) is 2.28. The molecule has 1 amide bonds. The van der Waals surface area contributed by atoms with Crippen molar-refractivity contribution < 1.29 is 9.90 Å². The number of nitrogens with one attached hydrogen (secondary N) is 1. The second-order valence-corrected chi connectivity index (χ2v) is 4.58. The van der Waals surface area contributed by atoms with Crippen LogP contribution in [0.25, 0.3) is 6.08 Å². The van der Waals surface area contributed by atoms with Crippen LogP contribution in [0.5, 0.6) is 5.75 Å². The lowest BCUT2D eigenvalue weighted by molar-refractivity contribution is -0.112. The van der Waals surface area contributed by atoms with E-state index in [9.17, 15) is 9.90 Å². The van der Waals surface area contributed by atoms with E-state index in [1.807, 2.05) is 25.1 Å². The summed E-state index contributed by atoms with van der Waals surface area (Å²) >= 11 is 0. The number of rotatable bonds is 3.